The van der Waals surface area contributed by atoms with Crippen molar-refractivity contribution in [2.24, 2.45) is 0 Å². The van der Waals surface area contributed by atoms with E-state index in [9.17, 15) is 14.4 Å². The molecule has 2 aromatic carbocycles. The molecule has 0 spiro atoms. The summed E-state index contributed by atoms with van der Waals surface area (Å²) < 4.78 is 27.3. The number of aromatic nitrogens is 4. The van der Waals surface area contributed by atoms with Crippen LogP contribution in [0.25, 0.3) is 11.4 Å². The van der Waals surface area contributed by atoms with Gasteiger partial charge in [-0.15, -0.1) is 0 Å². The number of likely N-dealkylation sites (tertiary alicyclic amines) is 1. The molecule has 0 saturated carbocycles. The number of nitrogens with one attached hydrogen (secondary N) is 3. The van der Waals surface area contributed by atoms with E-state index in [1.54, 1.807) is 30.3 Å². The number of hydrogen-bond acceptors (Lipinski definition) is 12. The molecule has 15 nitrogen and oxygen atoms in total. The van der Waals surface area contributed by atoms with Gasteiger partial charge in [0, 0.05) is 48.9 Å². The number of carbonyl (C=O) groups is 3. The van der Waals surface area contributed by atoms with E-state index in [1.807, 2.05) is 82.3 Å². The average Bonchev–Trinajstić information content (AvgIpc) is 3.73. The Morgan fingerprint density at radius 3 is 2.37 bits per heavy atom. The van der Waals surface area contributed by atoms with Gasteiger partial charge in [-0.25, -0.2) is 14.6 Å². The van der Waals surface area contributed by atoms with Crippen molar-refractivity contribution in [1.82, 2.24) is 30.4 Å². The van der Waals surface area contributed by atoms with E-state index in [-0.39, 0.29) is 30.6 Å². The lowest BCUT2D eigenvalue weighted by Crippen LogP contribution is -2.50. The number of pyridine rings is 1. The summed E-state index contributed by atoms with van der Waals surface area (Å²) in [7, 11) is 0. The maximum Gasteiger partial charge on any atom is 0.410 e. The smallest absolute Gasteiger partial charge is 0.410 e. The SMILES string of the molecule is CCOC(=O)COCCOCCCCCCOc1cccc([C@@H](C)NC(=O)c2cccc(NC3(c4nc(-c5ccncc5)n[nH]4)CCN(C(=O)OC(C)(C)C)CC3)c2)c1. The lowest BCUT2D eigenvalue weighted by atomic mass is 9.86. The number of esters is 1. The van der Waals surface area contributed by atoms with Gasteiger partial charge in [-0.1, -0.05) is 24.6 Å². The number of amides is 2. The summed E-state index contributed by atoms with van der Waals surface area (Å²) in [5, 5.41) is 14.5. The number of benzene rings is 2. The van der Waals surface area contributed by atoms with Crippen molar-refractivity contribution < 1.29 is 38.1 Å². The minimum Gasteiger partial charge on any atom is -0.494 e. The van der Waals surface area contributed by atoms with Crippen LogP contribution in [0.1, 0.15) is 101 Å². The number of piperidine rings is 1. The highest BCUT2D eigenvalue weighted by molar-refractivity contribution is 5.95. The summed E-state index contributed by atoms with van der Waals surface area (Å²) in [5.41, 5.74) is 1.68. The van der Waals surface area contributed by atoms with Crippen LogP contribution in [0.15, 0.2) is 73.1 Å². The quantitative estimate of drug-likeness (QED) is 0.0569. The largest absolute Gasteiger partial charge is 0.494 e. The molecule has 4 aromatic rings. The fourth-order valence-electron chi connectivity index (χ4n) is 6.60. The van der Waals surface area contributed by atoms with E-state index < -0.39 is 11.1 Å². The van der Waals surface area contributed by atoms with Crippen molar-refractivity contribution in [2.75, 3.05) is 58.0 Å². The highest BCUT2D eigenvalue weighted by Crippen LogP contribution is 2.36. The molecule has 0 aliphatic carbocycles. The maximum atomic E-state index is 13.6. The second-order valence-corrected chi connectivity index (χ2v) is 15.5. The zero-order valence-electron chi connectivity index (χ0n) is 35.0. The normalized spacial score (nSPS) is 14.3. The van der Waals surface area contributed by atoms with Crippen LogP contribution in [-0.2, 0) is 29.3 Å². The van der Waals surface area contributed by atoms with Crippen molar-refractivity contribution in [2.45, 2.75) is 90.3 Å². The third-order valence-corrected chi connectivity index (χ3v) is 9.71. The number of carbonyl (C=O) groups excluding carboxylic acids is 3. The lowest BCUT2D eigenvalue weighted by molar-refractivity contribution is -0.148. The minimum atomic E-state index is -0.710. The highest BCUT2D eigenvalue weighted by Gasteiger charge is 2.41. The van der Waals surface area contributed by atoms with Crippen LogP contribution in [0.3, 0.4) is 0 Å². The number of H-pyrrole nitrogens is 1. The first kappa shape index (κ1) is 44.6. The van der Waals surface area contributed by atoms with Gasteiger partial charge in [-0.3, -0.25) is 14.9 Å². The van der Waals surface area contributed by atoms with Crippen molar-refractivity contribution in [3.05, 3.63) is 90.0 Å². The first-order chi connectivity index (χ1) is 28.4. The summed E-state index contributed by atoms with van der Waals surface area (Å²) in [4.78, 5) is 48.6. The van der Waals surface area contributed by atoms with Crippen LogP contribution in [0, 0.1) is 0 Å². The van der Waals surface area contributed by atoms with E-state index in [2.05, 4.69) is 25.8 Å². The van der Waals surface area contributed by atoms with Gasteiger partial charge in [0.1, 0.15) is 23.5 Å². The van der Waals surface area contributed by atoms with E-state index in [0.29, 0.717) is 76.2 Å². The van der Waals surface area contributed by atoms with Crippen LogP contribution >= 0.6 is 0 Å². The van der Waals surface area contributed by atoms with Crippen LogP contribution in [0.4, 0.5) is 10.5 Å². The van der Waals surface area contributed by atoms with Crippen molar-refractivity contribution in [1.29, 1.82) is 0 Å². The number of ether oxygens (including phenoxy) is 5. The lowest BCUT2D eigenvalue weighted by Gasteiger charge is -2.41. The summed E-state index contributed by atoms with van der Waals surface area (Å²) in [5.74, 6) is 1.35. The van der Waals surface area contributed by atoms with E-state index in [0.717, 1.165) is 48.2 Å². The van der Waals surface area contributed by atoms with E-state index in [4.69, 9.17) is 28.7 Å². The number of nitrogens with zero attached hydrogens (tertiary/aromatic N) is 4. The number of rotatable bonds is 21. The third kappa shape index (κ3) is 14.1. The molecule has 2 amide bonds. The summed E-state index contributed by atoms with van der Waals surface area (Å²) in [6.07, 6.45) is 7.98. The topological polar surface area (TPSA) is 179 Å². The van der Waals surface area contributed by atoms with Crippen LogP contribution < -0.4 is 15.4 Å². The van der Waals surface area contributed by atoms with E-state index in [1.165, 1.54) is 0 Å². The van der Waals surface area contributed by atoms with E-state index >= 15 is 0 Å². The van der Waals surface area contributed by atoms with Crippen LogP contribution in [-0.4, -0.2) is 101 Å². The predicted molar refractivity (Wildman–Crippen MR) is 223 cm³/mol. The van der Waals surface area contributed by atoms with Gasteiger partial charge in [0.2, 0.25) is 0 Å². The number of anilines is 1. The zero-order valence-corrected chi connectivity index (χ0v) is 35.0. The molecule has 0 bridgehead atoms. The summed E-state index contributed by atoms with van der Waals surface area (Å²) in [6, 6.07) is 18.6. The maximum absolute atomic E-state index is 13.6. The zero-order chi connectivity index (χ0) is 42.1. The molecule has 1 atom stereocenters. The second kappa shape index (κ2) is 22.0. The van der Waals surface area contributed by atoms with Crippen LogP contribution in [0.2, 0.25) is 0 Å². The van der Waals surface area contributed by atoms with Crippen molar-refractivity contribution in [3.8, 4) is 17.1 Å². The molecular weight excluding hydrogens is 755 g/mol. The fourth-order valence-corrected chi connectivity index (χ4v) is 6.60. The number of unbranched alkanes of at least 4 members (excludes halogenated alkanes) is 3. The third-order valence-electron chi connectivity index (χ3n) is 9.71. The number of hydrogen-bond donors (Lipinski definition) is 3. The molecule has 59 heavy (non-hydrogen) atoms. The Labute approximate surface area is 346 Å². The Morgan fingerprint density at radius 1 is 0.898 bits per heavy atom. The monoisotopic (exact) mass is 813 g/mol. The highest BCUT2D eigenvalue weighted by atomic mass is 16.6. The molecular formula is C44H59N7O8. The Balaban J connectivity index is 1.12. The molecule has 5 rings (SSSR count). The predicted octanol–water partition coefficient (Wildman–Crippen LogP) is 7.23. The number of aromatic amines is 1. The Bertz CT molecular complexity index is 1930. The van der Waals surface area contributed by atoms with Crippen molar-refractivity contribution >= 4 is 23.7 Å². The first-order valence-electron chi connectivity index (χ1n) is 20.5. The van der Waals surface area contributed by atoms with Gasteiger partial charge in [0.15, 0.2) is 11.6 Å². The van der Waals surface area contributed by atoms with Gasteiger partial charge in [0.05, 0.1) is 32.5 Å². The van der Waals surface area contributed by atoms with Gasteiger partial charge in [-0.05, 0) is 115 Å². The standard InChI is InChI=1S/C44H59N7O8/c1-6-57-38(52)31-56-28-27-55-25-9-7-8-10-26-58-37-16-12-13-34(30-37)32(2)46-40(53)35-14-11-15-36(29-35)48-44(19-23-51(24-20-44)42(54)59-43(3,4)5)41-47-39(49-50-41)33-17-21-45-22-18-33/h11-18,21-22,29-30,32,48H,6-10,19-20,23-28,31H2,1-5H3,(H,46,53)(H,47,49,50)/t32-/m1/s1. The molecule has 2 aromatic heterocycles. The Morgan fingerprint density at radius 2 is 1.63 bits per heavy atom. The second-order valence-electron chi connectivity index (χ2n) is 15.5. The van der Waals surface area contributed by atoms with Gasteiger partial charge in [0.25, 0.3) is 5.91 Å². The molecule has 3 heterocycles. The van der Waals surface area contributed by atoms with Crippen LogP contribution in [0.5, 0.6) is 5.75 Å². The summed E-state index contributed by atoms with van der Waals surface area (Å²) in [6.45, 7) is 12.5. The average molecular weight is 814 g/mol. The van der Waals surface area contributed by atoms with Gasteiger partial charge >= 0.3 is 12.1 Å². The van der Waals surface area contributed by atoms with Gasteiger partial charge in [-0.2, -0.15) is 5.10 Å². The molecule has 3 N–H and O–H groups in total. The Hall–Kier alpha value is -5.54. The molecule has 0 radical (unpaired) electrons. The van der Waals surface area contributed by atoms with Gasteiger partial charge < -0.3 is 39.2 Å². The molecule has 318 valence electrons. The molecule has 1 aliphatic heterocycles. The summed E-state index contributed by atoms with van der Waals surface area (Å²) >= 11 is 0. The first-order valence-corrected chi connectivity index (χ1v) is 20.5. The molecule has 1 saturated heterocycles. The molecule has 1 fully saturated rings. The molecule has 15 heteroatoms. The molecule has 0 unspecified atom stereocenters. The molecule has 1 aliphatic rings. The van der Waals surface area contributed by atoms with Crippen molar-refractivity contribution in [3.63, 3.8) is 0 Å². The Kier molecular flexibility index (Phi) is 16.6. The minimum absolute atomic E-state index is 0.0503. The fraction of sp³-hybridized carbons (Fsp3) is 0.500.